The zero-order chi connectivity index (χ0) is 17.8. The molecule has 1 atom stereocenters. The van der Waals surface area contributed by atoms with Crippen LogP contribution in [0.4, 0.5) is 0 Å². The van der Waals surface area contributed by atoms with E-state index in [4.69, 9.17) is 4.74 Å². The summed E-state index contributed by atoms with van der Waals surface area (Å²) in [6, 6.07) is 7.27. The molecule has 1 unspecified atom stereocenters. The predicted molar refractivity (Wildman–Crippen MR) is 93.5 cm³/mol. The second-order valence-electron chi connectivity index (χ2n) is 6.42. The highest BCUT2D eigenvalue weighted by Crippen LogP contribution is 2.20. The summed E-state index contributed by atoms with van der Waals surface area (Å²) >= 11 is 0. The predicted octanol–water partition coefficient (Wildman–Crippen LogP) is 1.31. The lowest BCUT2D eigenvalue weighted by atomic mass is 10.1. The van der Waals surface area contributed by atoms with Gasteiger partial charge in [0.1, 0.15) is 5.75 Å². The number of benzene rings is 1. The van der Waals surface area contributed by atoms with E-state index in [0.29, 0.717) is 23.6 Å². The topological polar surface area (TPSA) is 99.3 Å². The number of nitrogens with zero attached hydrogens (tertiary/aromatic N) is 1. The average molecular weight is 344 g/mol. The van der Waals surface area contributed by atoms with Crippen molar-refractivity contribution in [2.45, 2.75) is 39.0 Å². The highest BCUT2D eigenvalue weighted by Gasteiger charge is 2.22. The van der Waals surface area contributed by atoms with Gasteiger partial charge in [-0.15, -0.1) is 0 Å². The van der Waals surface area contributed by atoms with E-state index >= 15 is 0 Å². The first-order chi connectivity index (χ1) is 12.0. The normalized spacial score (nSPS) is 14.9. The number of amides is 1. The Morgan fingerprint density at radius 2 is 2.28 bits per heavy atom. The number of carbonyl (C=O) groups is 1. The minimum absolute atomic E-state index is 0.0616. The molecule has 0 saturated heterocycles. The Labute approximate surface area is 146 Å². The van der Waals surface area contributed by atoms with E-state index in [2.05, 4.69) is 20.8 Å². The van der Waals surface area contributed by atoms with Gasteiger partial charge in [0.15, 0.2) is 5.69 Å². The summed E-state index contributed by atoms with van der Waals surface area (Å²) in [5, 5.41) is 23.4. The Bertz CT molecular complexity index is 742. The van der Waals surface area contributed by atoms with E-state index in [0.717, 1.165) is 24.2 Å². The van der Waals surface area contributed by atoms with E-state index in [1.54, 1.807) is 6.07 Å². The number of H-pyrrole nitrogens is 1. The molecular weight excluding hydrogens is 320 g/mol. The number of ether oxygens (including phenoxy) is 1. The van der Waals surface area contributed by atoms with Crippen LogP contribution in [0.2, 0.25) is 0 Å². The second kappa shape index (κ2) is 7.67. The number of aliphatic hydroxyl groups excluding tert-OH is 1. The van der Waals surface area contributed by atoms with Crippen molar-refractivity contribution in [2.75, 3.05) is 13.1 Å². The van der Waals surface area contributed by atoms with Crippen molar-refractivity contribution in [2.24, 2.45) is 0 Å². The van der Waals surface area contributed by atoms with Gasteiger partial charge in [0.25, 0.3) is 5.91 Å². The van der Waals surface area contributed by atoms with Gasteiger partial charge in [-0.3, -0.25) is 9.89 Å². The summed E-state index contributed by atoms with van der Waals surface area (Å²) in [5.74, 6) is 0.417. The van der Waals surface area contributed by atoms with E-state index < -0.39 is 6.10 Å². The molecular formula is C18H24N4O3. The standard InChI is InChI=1S/C18H24N4O3/c1-11(2)25-13-5-3-4-12(8-13)16(23)10-20-18(24)17-14-9-19-7-6-15(14)21-22-17/h3-5,8,11,16,19,23H,6-7,9-10H2,1-2H3,(H,20,24)(H,21,22). The zero-order valence-corrected chi connectivity index (χ0v) is 14.5. The molecule has 7 nitrogen and oxygen atoms in total. The molecule has 1 aliphatic heterocycles. The number of aliphatic hydroxyl groups is 1. The largest absolute Gasteiger partial charge is 0.491 e. The number of rotatable bonds is 6. The average Bonchev–Trinajstić information content (AvgIpc) is 3.03. The van der Waals surface area contributed by atoms with Crippen molar-refractivity contribution in [1.82, 2.24) is 20.8 Å². The summed E-state index contributed by atoms with van der Waals surface area (Å²) in [6.07, 6.45) is 0.0834. The fourth-order valence-corrected chi connectivity index (χ4v) is 2.87. The van der Waals surface area contributed by atoms with Crippen molar-refractivity contribution in [1.29, 1.82) is 0 Å². The summed E-state index contributed by atoms with van der Waals surface area (Å²) < 4.78 is 5.63. The maximum absolute atomic E-state index is 12.4. The van der Waals surface area contributed by atoms with Crippen LogP contribution in [0.3, 0.4) is 0 Å². The van der Waals surface area contributed by atoms with Crippen LogP contribution in [0, 0.1) is 0 Å². The summed E-state index contributed by atoms with van der Waals surface area (Å²) in [7, 11) is 0. The molecule has 0 bridgehead atoms. The van der Waals surface area contributed by atoms with Gasteiger partial charge in [-0.25, -0.2) is 0 Å². The quantitative estimate of drug-likeness (QED) is 0.633. The van der Waals surface area contributed by atoms with Crippen LogP contribution in [-0.2, 0) is 13.0 Å². The van der Waals surface area contributed by atoms with E-state index in [-0.39, 0.29) is 18.6 Å². The summed E-state index contributed by atoms with van der Waals surface area (Å²) in [4.78, 5) is 12.4. The van der Waals surface area contributed by atoms with Gasteiger partial charge < -0.3 is 20.5 Å². The summed E-state index contributed by atoms with van der Waals surface area (Å²) in [6.45, 7) is 5.51. The highest BCUT2D eigenvalue weighted by molar-refractivity contribution is 5.94. The fraction of sp³-hybridized carbons (Fsp3) is 0.444. The number of aromatic amines is 1. The van der Waals surface area contributed by atoms with Crippen molar-refractivity contribution in [3.63, 3.8) is 0 Å². The smallest absolute Gasteiger partial charge is 0.272 e. The maximum atomic E-state index is 12.4. The van der Waals surface area contributed by atoms with Gasteiger partial charge in [-0.2, -0.15) is 5.10 Å². The van der Waals surface area contributed by atoms with Crippen LogP contribution in [0.15, 0.2) is 24.3 Å². The molecule has 2 heterocycles. The molecule has 1 amide bonds. The monoisotopic (exact) mass is 344 g/mol. The highest BCUT2D eigenvalue weighted by atomic mass is 16.5. The van der Waals surface area contributed by atoms with Crippen LogP contribution in [0.1, 0.15) is 47.3 Å². The molecule has 1 aromatic carbocycles. The minimum atomic E-state index is -0.812. The molecule has 0 spiro atoms. The SMILES string of the molecule is CC(C)Oc1cccc(C(O)CNC(=O)c2n[nH]c3c2CNCC3)c1. The molecule has 0 fully saturated rings. The number of aromatic nitrogens is 2. The lowest BCUT2D eigenvalue weighted by Gasteiger charge is -2.16. The van der Waals surface area contributed by atoms with Crippen LogP contribution < -0.4 is 15.4 Å². The molecule has 0 saturated carbocycles. The van der Waals surface area contributed by atoms with E-state index in [9.17, 15) is 9.90 Å². The Morgan fingerprint density at radius 3 is 3.08 bits per heavy atom. The zero-order valence-electron chi connectivity index (χ0n) is 14.5. The molecule has 2 aromatic rings. The first-order valence-corrected chi connectivity index (χ1v) is 8.54. The molecule has 1 aliphatic rings. The number of carbonyl (C=O) groups excluding carboxylic acids is 1. The molecule has 0 aliphatic carbocycles. The third-order valence-electron chi connectivity index (χ3n) is 4.09. The number of hydrogen-bond donors (Lipinski definition) is 4. The molecule has 134 valence electrons. The molecule has 7 heteroatoms. The fourth-order valence-electron chi connectivity index (χ4n) is 2.87. The van der Waals surface area contributed by atoms with Crippen LogP contribution >= 0.6 is 0 Å². The summed E-state index contributed by atoms with van der Waals surface area (Å²) in [5.41, 5.74) is 3.00. The Balaban J connectivity index is 1.61. The van der Waals surface area contributed by atoms with Gasteiger partial charge >= 0.3 is 0 Å². The Hall–Kier alpha value is -2.38. The molecule has 1 aromatic heterocycles. The Morgan fingerprint density at radius 1 is 1.44 bits per heavy atom. The number of fused-ring (bicyclic) bond motifs is 1. The molecule has 0 radical (unpaired) electrons. The third-order valence-corrected chi connectivity index (χ3v) is 4.09. The van der Waals surface area contributed by atoms with Crippen molar-refractivity contribution in [3.05, 3.63) is 46.8 Å². The van der Waals surface area contributed by atoms with Gasteiger partial charge in [-0.05, 0) is 31.5 Å². The van der Waals surface area contributed by atoms with Crippen molar-refractivity contribution in [3.8, 4) is 5.75 Å². The van der Waals surface area contributed by atoms with Gasteiger partial charge in [0.05, 0.1) is 12.2 Å². The second-order valence-corrected chi connectivity index (χ2v) is 6.42. The van der Waals surface area contributed by atoms with E-state index in [1.807, 2.05) is 32.0 Å². The molecule has 4 N–H and O–H groups in total. The van der Waals surface area contributed by atoms with Crippen LogP contribution in [0.5, 0.6) is 5.75 Å². The number of hydrogen-bond acceptors (Lipinski definition) is 5. The number of nitrogens with one attached hydrogen (secondary N) is 3. The minimum Gasteiger partial charge on any atom is -0.491 e. The van der Waals surface area contributed by atoms with Crippen LogP contribution in [0.25, 0.3) is 0 Å². The molecule has 25 heavy (non-hydrogen) atoms. The van der Waals surface area contributed by atoms with Gasteiger partial charge in [-0.1, -0.05) is 12.1 Å². The third kappa shape index (κ3) is 4.18. The van der Waals surface area contributed by atoms with Crippen molar-refractivity contribution < 1.29 is 14.6 Å². The van der Waals surface area contributed by atoms with Crippen molar-refractivity contribution >= 4 is 5.91 Å². The lowest BCUT2D eigenvalue weighted by Crippen LogP contribution is -2.31. The van der Waals surface area contributed by atoms with Gasteiger partial charge in [0.2, 0.25) is 0 Å². The van der Waals surface area contributed by atoms with Crippen LogP contribution in [-0.4, -0.2) is 40.4 Å². The lowest BCUT2D eigenvalue weighted by molar-refractivity contribution is 0.0910. The maximum Gasteiger partial charge on any atom is 0.272 e. The first kappa shape index (κ1) is 17.4. The Kier molecular flexibility index (Phi) is 5.35. The first-order valence-electron chi connectivity index (χ1n) is 8.54. The molecule has 3 rings (SSSR count). The van der Waals surface area contributed by atoms with Gasteiger partial charge in [0, 0.05) is 37.3 Å². The van der Waals surface area contributed by atoms with E-state index in [1.165, 1.54) is 0 Å².